The Balaban J connectivity index is 1.72. The molecule has 0 fully saturated rings. The van der Waals surface area contributed by atoms with Gasteiger partial charge in [-0.25, -0.2) is 0 Å². The molecule has 6 nitrogen and oxygen atoms in total. The first kappa shape index (κ1) is 13.6. The van der Waals surface area contributed by atoms with Gasteiger partial charge >= 0.3 is 5.97 Å². The minimum absolute atomic E-state index is 0.0210. The number of hydrogen-bond acceptors (Lipinski definition) is 5. The third-order valence-electron chi connectivity index (χ3n) is 2.84. The van der Waals surface area contributed by atoms with Crippen molar-refractivity contribution >= 4 is 5.97 Å². The number of carboxylic acid groups (broad SMARTS) is 1. The van der Waals surface area contributed by atoms with E-state index in [2.05, 4.69) is 5.32 Å². The van der Waals surface area contributed by atoms with Crippen LogP contribution in [-0.2, 0) is 11.3 Å². The topological polar surface area (TPSA) is 88.0 Å². The number of aliphatic hydroxyl groups is 1. The predicted octanol–water partition coefficient (Wildman–Crippen LogP) is 0.731. The average molecular weight is 267 g/mol. The van der Waals surface area contributed by atoms with E-state index in [1.807, 2.05) is 18.2 Å². The molecule has 19 heavy (non-hydrogen) atoms. The molecule has 1 atom stereocenters. The van der Waals surface area contributed by atoms with Crippen LogP contribution in [0.15, 0.2) is 18.2 Å². The molecule has 0 aliphatic carbocycles. The quantitative estimate of drug-likeness (QED) is 0.675. The lowest BCUT2D eigenvalue weighted by Crippen LogP contribution is -2.26. The number of aliphatic hydroxyl groups excluding tert-OH is 1. The number of hydrogen-bond donors (Lipinski definition) is 3. The van der Waals surface area contributed by atoms with Crippen LogP contribution in [-0.4, -0.2) is 35.6 Å². The van der Waals surface area contributed by atoms with Crippen LogP contribution in [0.1, 0.15) is 18.4 Å². The Hall–Kier alpha value is -1.79. The molecule has 0 bridgehead atoms. The van der Waals surface area contributed by atoms with Crippen LogP contribution in [0.2, 0.25) is 0 Å². The minimum atomic E-state index is -0.894. The summed E-state index contributed by atoms with van der Waals surface area (Å²) in [6.07, 6.45) is -0.416. The van der Waals surface area contributed by atoms with Gasteiger partial charge in [-0.2, -0.15) is 0 Å². The van der Waals surface area contributed by atoms with Gasteiger partial charge in [-0.1, -0.05) is 6.07 Å². The van der Waals surface area contributed by atoms with Crippen molar-refractivity contribution in [3.05, 3.63) is 23.8 Å². The smallest absolute Gasteiger partial charge is 0.303 e. The number of aliphatic carboxylic acids is 1. The lowest BCUT2D eigenvalue weighted by atomic mass is 10.1. The van der Waals surface area contributed by atoms with E-state index >= 15 is 0 Å². The zero-order valence-electron chi connectivity index (χ0n) is 10.5. The summed E-state index contributed by atoms with van der Waals surface area (Å²) in [5.41, 5.74) is 1.02. The van der Waals surface area contributed by atoms with Gasteiger partial charge in [-0.15, -0.1) is 0 Å². The number of nitrogens with one attached hydrogen (secondary N) is 1. The summed E-state index contributed by atoms with van der Waals surface area (Å²) in [6.45, 7) is 1.20. The fourth-order valence-electron chi connectivity index (χ4n) is 1.83. The lowest BCUT2D eigenvalue weighted by Gasteiger charge is -2.10. The number of benzene rings is 1. The highest BCUT2D eigenvalue weighted by Gasteiger charge is 2.13. The van der Waals surface area contributed by atoms with Crippen molar-refractivity contribution in [2.75, 3.05) is 13.3 Å². The van der Waals surface area contributed by atoms with Gasteiger partial charge in [0.25, 0.3) is 0 Å². The second-order valence-corrected chi connectivity index (χ2v) is 4.40. The fourth-order valence-corrected chi connectivity index (χ4v) is 1.83. The van der Waals surface area contributed by atoms with Crippen molar-refractivity contribution in [2.24, 2.45) is 0 Å². The molecule has 1 aromatic rings. The van der Waals surface area contributed by atoms with E-state index in [0.29, 0.717) is 13.1 Å². The molecule has 1 aliphatic heterocycles. The molecule has 0 saturated carbocycles. The summed E-state index contributed by atoms with van der Waals surface area (Å²) in [4.78, 5) is 10.4. The average Bonchev–Trinajstić information content (AvgIpc) is 2.83. The van der Waals surface area contributed by atoms with Crippen molar-refractivity contribution in [1.29, 1.82) is 0 Å². The van der Waals surface area contributed by atoms with Crippen LogP contribution in [0.5, 0.6) is 11.5 Å². The predicted molar refractivity (Wildman–Crippen MR) is 67.1 cm³/mol. The summed E-state index contributed by atoms with van der Waals surface area (Å²) in [6, 6.07) is 5.66. The molecule has 1 unspecified atom stereocenters. The van der Waals surface area contributed by atoms with Gasteiger partial charge in [0.05, 0.1) is 6.10 Å². The molecule has 3 N–H and O–H groups in total. The first-order chi connectivity index (χ1) is 9.15. The zero-order valence-corrected chi connectivity index (χ0v) is 10.5. The normalized spacial score (nSPS) is 14.4. The van der Waals surface area contributed by atoms with Crippen LogP contribution in [0.4, 0.5) is 0 Å². The second-order valence-electron chi connectivity index (χ2n) is 4.40. The maximum absolute atomic E-state index is 10.4. The molecule has 104 valence electrons. The number of carbonyl (C=O) groups is 1. The Bertz CT molecular complexity index is 449. The molecule has 0 saturated heterocycles. The van der Waals surface area contributed by atoms with Crippen molar-refractivity contribution < 1.29 is 24.5 Å². The van der Waals surface area contributed by atoms with Crippen molar-refractivity contribution in [1.82, 2.24) is 5.32 Å². The SMILES string of the molecule is O=C(O)CCC(O)CNCc1ccc2c(c1)OCO2. The molecule has 0 spiro atoms. The monoisotopic (exact) mass is 267 g/mol. The summed E-state index contributed by atoms with van der Waals surface area (Å²) in [7, 11) is 0. The highest BCUT2D eigenvalue weighted by molar-refractivity contribution is 5.66. The molecule has 0 radical (unpaired) electrons. The van der Waals surface area contributed by atoms with Crippen LogP contribution in [0, 0.1) is 0 Å². The summed E-state index contributed by atoms with van der Waals surface area (Å²) < 4.78 is 10.5. The van der Waals surface area contributed by atoms with E-state index in [4.69, 9.17) is 14.6 Å². The van der Waals surface area contributed by atoms with E-state index in [-0.39, 0.29) is 19.6 Å². The molecule has 2 rings (SSSR count). The second kappa shape index (κ2) is 6.40. The molecule has 0 amide bonds. The van der Waals surface area contributed by atoms with Crippen LogP contribution in [0.3, 0.4) is 0 Å². The van der Waals surface area contributed by atoms with Gasteiger partial charge < -0.3 is 25.0 Å². The van der Waals surface area contributed by atoms with Crippen LogP contribution < -0.4 is 14.8 Å². The van der Waals surface area contributed by atoms with E-state index < -0.39 is 12.1 Å². The number of rotatable bonds is 7. The highest BCUT2D eigenvalue weighted by Crippen LogP contribution is 2.32. The molecular formula is C13H17NO5. The van der Waals surface area contributed by atoms with Crippen LogP contribution in [0.25, 0.3) is 0 Å². The highest BCUT2D eigenvalue weighted by atomic mass is 16.7. The van der Waals surface area contributed by atoms with Gasteiger partial charge in [-0.3, -0.25) is 4.79 Å². The summed E-state index contributed by atoms with van der Waals surface area (Å²) >= 11 is 0. The van der Waals surface area contributed by atoms with Gasteiger partial charge in [0.15, 0.2) is 11.5 Å². The van der Waals surface area contributed by atoms with E-state index in [1.165, 1.54) is 0 Å². The molecular weight excluding hydrogens is 250 g/mol. The zero-order chi connectivity index (χ0) is 13.7. The number of ether oxygens (including phenoxy) is 2. The van der Waals surface area contributed by atoms with E-state index in [1.54, 1.807) is 0 Å². The summed E-state index contributed by atoms with van der Waals surface area (Å²) in [5, 5.41) is 21.1. The minimum Gasteiger partial charge on any atom is -0.481 e. The van der Waals surface area contributed by atoms with E-state index in [9.17, 15) is 9.90 Å². The van der Waals surface area contributed by atoms with Gasteiger partial charge in [0.2, 0.25) is 6.79 Å². The molecule has 1 heterocycles. The molecule has 1 aromatic carbocycles. The van der Waals surface area contributed by atoms with Gasteiger partial charge in [-0.05, 0) is 24.1 Å². The van der Waals surface area contributed by atoms with E-state index in [0.717, 1.165) is 17.1 Å². The molecule has 0 aromatic heterocycles. The third-order valence-corrected chi connectivity index (χ3v) is 2.84. The lowest BCUT2D eigenvalue weighted by molar-refractivity contribution is -0.137. The van der Waals surface area contributed by atoms with Crippen molar-refractivity contribution in [3.8, 4) is 11.5 Å². The third kappa shape index (κ3) is 4.11. The number of fused-ring (bicyclic) bond motifs is 1. The van der Waals surface area contributed by atoms with Crippen molar-refractivity contribution in [3.63, 3.8) is 0 Å². The Morgan fingerprint density at radius 3 is 2.95 bits per heavy atom. The maximum atomic E-state index is 10.4. The molecule has 1 aliphatic rings. The van der Waals surface area contributed by atoms with Gasteiger partial charge in [0, 0.05) is 19.5 Å². The Morgan fingerprint density at radius 2 is 2.16 bits per heavy atom. The van der Waals surface area contributed by atoms with Crippen LogP contribution >= 0.6 is 0 Å². The Morgan fingerprint density at radius 1 is 1.37 bits per heavy atom. The summed E-state index contributed by atoms with van der Waals surface area (Å²) in [5.74, 6) is 0.575. The standard InChI is InChI=1S/C13H17NO5/c15-10(2-4-13(16)17)7-14-6-9-1-3-11-12(5-9)19-8-18-11/h1,3,5,10,14-15H,2,4,6-8H2,(H,16,17). The van der Waals surface area contributed by atoms with Crippen molar-refractivity contribution in [2.45, 2.75) is 25.5 Å². The Kier molecular flexibility index (Phi) is 4.59. The first-order valence-electron chi connectivity index (χ1n) is 6.14. The molecule has 6 heteroatoms. The van der Waals surface area contributed by atoms with Gasteiger partial charge in [0.1, 0.15) is 0 Å². The number of carboxylic acids is 1. The largest absolute Gasteiger partial charge is 0.481 e. The first-order valence-corrected chi connectivity index (χ1v) is 6.14. The Labute approximate surface area is 111 Å². The fraction of sp³-hybridized carbons (Fsp3) is 0.462. The maximum Gasteiger partial charge on any atom is 0.303 e.